The monoisotopic (exact) mass is 263 g/mol. The lowest BCUT2D eigenvalue weighted by atomic mass is 10.2. The van der Waals surface area contributed by atoms with Crippen LogP contribution in [0.2, 0.25) is 0 Å². The van der Waals surface area contributed by atoms with E-state index in [0.29, 0.717) is 5.69 Å². The van der Waals surface area contributed by atoms with Gasteiger partial charge in [0.25, 0.3) is 5.91 Å². The van der Waals surface area contributed by atoms with Crippen molar-refractivity contribution in [3.8, 4) is 0 Å². The number of rotatable bonds is 3. The highest BCUT2D eigenvalue weighted by molar-refractivity contribution is 6.09. The molecular weight excluding hydrogens is 253 g/mol. The molecule has 0 aliphatic carbocycles. The van der Waals surface area contributed by atoms with Gasteiger partial charge < -0.3 is 15.0 Å². The summed E-state index contributed by atoms with van der Waals surface area (Å²) in [6.07, 6.45) is 0.996. The third-order valence-electron chi connectivity index (χ3n) is 2.40. The minimum Gasteiger partial charge on any atom is -0.411 e. The molecule has 0 fully saturated rings. The van der Waals surface area contributed by atoms with Crippen LogP contribution in [0.3, 0.4) is 0 Å². The Morgan fingerprint density at radius 1 is 1.47 bits per heavy atom. The summed E-state index contributed by atoms with van der Waals surface area (Å²) in [7, 11) is 0. The first kappa shape index (κ1) is 12.7. The number of hydrogen-bond donors (Lipinski definition) is 2. The minimum atomic E-state index is -0.486. The molecule has 1 heterocycles. The van der Waals surface area contributed by atoms with E-state index in [1.165, 1.54) is 24.3 Å². The molecule has 0 saturated carbocycles. The summed E-state index contributed by atoms with van der Waals surface area (Å²) in [5.41, 5.74) is 0.695. The number of carbonyl (C=O) groups excluding carboxylic acids is 1. The predicted molar refractivity (Wildman–Crippen MR) is 65.0 cm³/mol. The average Bonchev–Trinajstić information content (AvgIpc) is 2.74. The average molecular weight is 263 g/mol. The van der Waals surface area contributed by atoms with Crippen molar-refractivity contribution < 1.29 is 18.9 Å². The van der Waals surface area contributed by atoms with Crippen LogP contribution < -0.4 is 5.32 Å². The third kappa shape index (κ3) is 2.76. The van der Waals surface area contributed by atoms with Gasteiger partial charge in [0, 0.05) is 5.69 Å². The van der Waals surface area contributed by atoms with Gasteiger partial charge in [-0.3, -0.25) is 4.79 Å². The van der Waals surface area contributed by atoms with E-state index in [4.69, 9.17) is 9.73 Å². The molecule has 0 unspecified atom stereocenters. The minimum absolute atomic E-state index is 0.111. The second-order valence-corrected chi connectivity index (χ2v) is 3.70. The van der Waals surface area contributed by atoms with Gasteiger partial charge >= 0.3 is 0 Å². The van der Waals surface area contributed by atoms with Crippen molar-refractivity contribution >= 4 is 17.8 Å². The van der Waals surface area contributed by atoms with Gasteiger partial charge in [0.15, 0.2) is 0 Å². The fourth-order valence-electron chi connectivity index (χ4n) is 1.54. The summed E-state index contributed by atoms with van der Waals surface area (Å²) < 4.78 is 17.6. The second kappa shape index (κ2) is 5.30. The van der Waals surface area contributed by atoms with E-state index in [2.05, 4.69) is 15.6 Å². The maximum absolute atomic E-state index is 12.7. The zero-order chi connectivity index (χ0) is 13.8. The number of aryl methyl sites for hydroxylation is 1. The number of anilines is 1. The quantitative estimate of drug-likeness (QED) is 0.504. The van der Waals surface area contributed by atoms with Crippen molar-refractivity contribution in [1.82, 2.24) is 5.16 Å². The van der Waals surface area contributed by atoms with Gasteiger partial charge in [-0.1, -0.05) is 10.3 Å². The Bertz CT molecular complexity index is 620. The lowest BCUT2D eigenvalue weighted by Crippen LogP contribution is -2.14. The number of hydrogen-bond acceptors (Lipinski definition) is 5. The number of amides is 1. The van der Waals surface area contributed by atoms with Crippen molar-refractivity contribution in [1.29, 1.82) is 0 Å². The van der Waals surface area contributed by atoms with Crippen molar-refractivity contribution in [3.05, 3.63) is 47.1 Å². The van der Waals surface area contributed by atoms with Crippen molar-refractivity contribution in [3.63, 3.8) is 0 Å². The van der Waals surface area contributed by atoms with Gasteiger partial charge in [-0.2, -0.15) is 0 Å². The van der Waals surface area contributed by atoms with Crippen LogP contribution in [0.5, 0.6) is 0 Å². The molecule has 0 saturated heterocycles. The van der Waals surface area contributed by atoms with Crippen LogP contribution in [-0.2, 0) is 0 Å². The molecule has 1 aromatic carbocycles. The molecule has 6 nitrogen and oxygen atoms in total. The molecular formula is C12H10FN3O3. The first-order valence-corrected chi connectivity index (χ1v) is 5.32. The van der Waals surface area contributed by atoms with Gasteiger partial charge in [-0.15, -0.1) is 0 Å². The molecule has 98 valence electrons. The Morgan fingerprint density at radius 3 is 2.79 bits per heavy atom. The fraction of sp³-hybridized carbons (Fsp3) is 0.0833. The van der Waals surface area contributed by atoms with Gasteiger partial charge in [-0.05, 0) is 31.2 Å². The number of carbonyl (C=O) groups is 1. The van der Waals surface area contributed by atoms with Crippen LogP contribution >= 0.6 is 0 Å². The van der Waals surface area contributed by atoms with Crippen LogP contribution in [0.25, 0.3) is 0 Å². The van der Waals surface area contributed by atoms with Gasteiger partial charge in [0.05, 0.1) is 6.21 Å². The summed E-state index contributed by atoms with van der Waals surface area (Å²) in [6.45, 7) is 1.56. The maximum Gasteiger partial charge on any atom is 0.261 e. The Morgan fingerprint density at radius 2 is 2.16 bits per heavy atom. The van der Waals surface area contributed by atoms with E-state index >= 15 is 0 Å². The van der Waals surface area contributed by atoms with Crippen LogP contribution in [0.1, 0.15) is 21.8 Å². The standard InChI is InChI=1S/C12H10FN3O3/c1-7-11(10(6-14-18)16-19-7)12(17)15-9-4-2-8(13)3-5-9/h2-6,18H,1H3,(H,15,17)/b14-6-. The van der Waals surface area contributed by atoms with E-state index in [9.17, 15) is 9.18 Å². The first-order valence-electron chi connectivity index (χ1n) is 5.32. The molecule has 1 aromatic heterocycles. The van der Waals surface area contributed by atoms with E-state index in [0.717, 1.165) is 6.21 Å². The molecule has 7 heteroatoms. The number of nitrogens with one attached hydrogen (secondary N) is 1. The van der Waals surface area contributed by atoms with Gasteiger partial charge in [0.2, 0.25) is 0 Å². The molecule has 0 radical (unpaired) electrons. The highest BCUT2D eigenvalue weighted by atomic mass is 19.1. The largest absolute Gasteiger partial charge is 0.411 e. The number of nitrogens with zero attached hydrogens (tertiary/aromatic N) is 2. The van der Waals surface area contributed by atoms with E-state index in [1.807, 2.05) is 0 Å². The van der Waals surface area contributed by atoms with E-state index in [-0.39, 0.29) is 17.0 Å². The molecule has 0 aliphatic heterocycles. The molecule has 2 rings (SSSR count). The normalized spacial score (nSPS) is 10.8. The van der Waals surface area contributed by atoms with Crippen LogP contribution in [0, 0.1) is 12.7 Å². The summed E-state index contributed by atoms with van der Waals surface area (Å²) in [5.74, 6) is -0.595. The highest BCUT2D eigenvalue weighted by Gasteiger charge is 2.19. The van der Waals surface area contributed by atoms with Gasteiger partial charge in [0.1, 0.15) is 22.8 Å². The van der Waals surface area contributed by atoms with Crippen molar-refractivity contribution in [2.45, 2.75) is 6.92 Å². The number of halogens is 1. The van der Waals surface area contributed by atoms with Crippen LogP contribution in [0.4, 0.5) is 10.1 Å². The first-order chi connectivity index (χ1) is 9.11. The molecule has 0 aliphatic rings. The summed E-state index contributed by atoms with van der Waals surface area (Å²) in [4.78, 5) is 12.0. The molecule has 0 spiro atoms. The van der Waals surface area contributed by atoms with Crippen LogP contribution in [-0.4, -0.2) is 22.5 Å². The molecule has 0 bridgehead atoms. The topological polar surface area (TPSA) is 87.7 Å². The highest BCUT2D eigenvalue weighted by Crippen LogP contribution is 2.15. The van der Waals surface area contributed by atoms with Crippen molar-refractivity contribution in [2.24, 2.45) is 5.16 Å². The summed E-state index contributed by atoms with van der Waals surface area (Å²) >= 11 is 0. The molecule has 19 heavy (non-hydrogen) atoms. The Hall–Kier alpha value is -2.70. The zero-order valence-electron chi connectivity index (χ0n) is 9.92. The Kier molecular flexibility index (Phi) is 3.56. The fourth-order valence-corrected chi connectivity index (χ4v) is 1.54. The van der Waals surface area contributed by atoms with E-state index in [1.54, 1.807) is 6.92 Å². The Balaban J connectivity index is 2.25. The molecule has 1 amide bonds. The molecule has 2 aromatic rings. The Labute approximate surface area is 107 Å². The number of oxime groups is 1. The lowest BCUT2D eigenvalue weighted by Gasteiger charge is -2.04. The molecule has 2 N–H and O–H groups in total. The smallest absolute Gasteiger partial charge is 0.261 e. The second-order valence-electron chi connectivity index (χ2n) is 3.70. The lowest BCUT2D eigenvalue weighted by molar-refractivity contribution is 0.102. The van der Waals surface area contributed by atoms with Gasteiger partial charge in [-0.25, -0.2) is 4.39 Å². The van der Waals surface area contributed by atoms with Crippen molar-refractivity contribution in [2.75, 3.05) is 5.32 Å². The third-order valence-corrected chi connectivity index (χ3v) is 2.40. The SMILES string of the molecule is Cc1onc(/C=N\O)c1C(=O)Nc1ccc(F)cc1. The summed E-state index contributed by atoms with van der Waals surface area (Å²) in [6, 6.07) is 5.31. The predicted octanol–water partition coefficient (Wildman–Crippen LogP) is 2.18. The van der Waals surface area contributed by atoms with E-state index < -0.39 is 11.7 Å². The maximum atomic E-state index is 12.7. The number of aromatic nitrogens is 1. The zero-order valence-corrected chi connectivity index (χ0v) is 9.92. The summed E-state index contributed by atoms with van der Waals surface area (Å²) in [5, 5.41) is 17.4. The molecule has 0 atom stereocenters. The van der Waals surface area contributed by atoms with Crippen LogP contribution in [0.15, 0.2) is 33.9 Å². The number of benzene rings is 1.